The maximum Gasteiger partial charge on any atom is 0.255 e. The minimum absolute atomic E-state index is 0.0966. The van der Waals surface area contributed by atoms with Crippen molar-refractivity contribution in [2.75, 3.05) is 10.6 Å². The number of hydrogen-bond acceptors (Lipinski definition) is 4. The molecule has 0 aromatic heterocycles. The predicted molar refractivity (Wildman–Crippen MR) is 104 cm³/mol. The molecule has 140 valence electrons. The molecule has 0 spiro atoms. The van der Waals surface area contributed by atoms with E-state index in [0.29, 0.717) is 11.3 Å². The van der Waals surface area contributed by atoms with Crippen molar-refractivity contribution in [1.82, 2.24) is 0 Å². The first-order valence-electron chi connectivity index (χ1n) is 8.58. The summed E-state index contributed by atoms with van der Waals surface area (Å²) in [4.78, 5) is 35.6. The highest BCUT2D eigenvalue weighted by Gasteiger charge is 2.10. The van der Waals surface area contributed by atoms with Gasteiger partial charge in [0.2, 0.25) is 5.91 Å². The van der Waals surface area contributed by atoms with Gasteiger partial charge in [0, 0.05) is 16.8 Å². The van der Waals surface area contributed by atoms with Crippen LogP contribution >= 0.6 is 0 Å². The minimum Gasteiger partial charge on any atom is -0.545 e. The Morgan fingerprint density at radius 3 is 2.07 bits per heavy atom. The standard InChI is InChI=1S/C22H18N2O4/c25-20(14-15-6-2-1-3-7-15)23-17-12-10-16(11-13-17)21(26)24-19-9-5-4-8-18(19)22(27)28/h1-13H,14H2,(H,23,25)(H,24,26)(H,27,28)/p-1. The molecule has 0 aliphatic rings. The van der Waals surface area contributed by atoms with E-state index in [4.69, 9.17) is 0 Å². The zero-order valence-electron chi connectivity index (χ0n) is 14.8. The van der Waals surface area contributed by atoms with E-state index in [1.807, 2.05) is 30.3 Å². The van der Waals surface area contributed by atoms with Gasteiger partial charge in [-0.3, -0.25) is 9.59 Å². The van der Waals surface area contributed by atoms with E-state index >= 15 is 0 Å². The fourth-order valence-electron chi connectivity index (χ4n) is 2.66. The maximum absolute atomic E-state index is 12.4. The molecular formula is C22H17N2O4-. The molecule has 0 unspecified atom stereocenters. The molecule has 6 heteroatoms. The molecule has 0 heterocycles. The Balaban J connectivity index is 1.63. The van der Waals surface area contributed by atoms with Gasteiger partial charge < -0.3 is 20.5 Å². The summed E-state index contributed by atoms with van der Waals surface area (Å²) in [6, 6.07) is 21.7. The zero-order valence-corrected chi connectivity index (χ0v) is 14.8. The third kappa shape index (κ3) is 4.82. The van der Waals surface area contributed by atoms with Crippen LogP contribution in [0.1, 0.15) is 26.3 Å². The first-order valence-corrected chi connectivity index (χ1v) is 8.58. The molecular weight excluding hydrogens is 356 g/mol. The molecule has 0 atom stereocenters. The molecule has 3 aromatic carbocycles. The van der Waals surface area contributed by atoms with Crippen LogP contribution in [0.5, 0.6) is 0 Å². The van der Waals surface area contributed by atoms with Crippen molar-refractivity contribution >= 4 is 29.2 Å². The van der Waals surface area contributed by atoms with Crippen LogP contribution in [0.4, 0.5) is 11.4 Å². The van der Waals surface area contributed by atoms with Crippen LogP contribution < -0.4 is 15.7 Å². The average molecular weight is 373 g/mol. The summed E-state index contributed by atoms with van der Waals surface area (Å²) in [5.74, 6) is -1.99. The summed E-state index contributed by atoms with van der Waals surface area (Å²) >= 11 is 0. The van der Waals surface area contributed by atoms with Crippen LogP contribution in [0.25, 0.3) is 0 Å². The van der Waals surface area contributed by atoms with Crippen LogP contribution in [-0.2, 0) is 11.2 Å². The summed E-state index contributed by atoms with van der Waals surface area (Å²) in [5.41, 5.74) is 1.86. The maximum atomic E-state index is 12.4. The molecule has 6 nitrogen and oxygen atoms in total. The van der Waals surface area contributed by atoms with Gasteiger partial charge in [-0.15, -0.1) is 0 Å². The SMILES string of the molecule is O=C(Cc1ccccc1)Nc1ccc(C(=O)Nc2ccccc2C(=O)[O-])cc1. The summed E-state index contributed by atoms with van der Waals surface area (Å²) in [5, 5.41) is 16.4. The Bertz CT molecular complexity index is 999. The second-order valence-corrected chi connectivity index (χ2v) is 6.08. The Labute approximate surface area is 161 Å². The summed E-state index contributed by atoms with van der Waals surface area (Å²) in [7, 11) is 0. The minimum atomic E-state index is -1.37. The lowest BCUT2D eigenvalue weighted by Gasteiger charge is -2.12. The van der Waals surface area contributed by atoms with Crippen LogP contribution in [0.2, 0.25) is 0 Å². The van der Waals surface area contributed by atoms with Crippen LogP contribution in [0, 0.1) is 0 Å². The van der Waals surface area contributed by atoms with Crippen LogP contribution in [-0.4, -0.2) is 17.8 Å². The zero-order chi connectivity index (χ0) is 19.9. The number of anilines is 2. The number of para-hydroxylation sites is 1. The fourth-order valence-corrected chi connectivity index (χ4v) is 2.66. The molecule has 0 aliphatic heterocycles. The Morgan fingerprint density at radius 1 is 0.750 bits per heavy atom. The largest absolute Gasteiger partial charge is 0.545 e. The van der Waals surface area contributed by atoms with Gasteiger partial charge >= 0.3 is 0 Å². The smallest absolute Gasteiger partial charge is 0.255 e. The quantitative estimate of drug-likeness (QED) is 0.693. The van der Waals surface area contributed by atoms with Crippen LogP contribution in [0.3, 0.4) is 0 Å². The molecule has 3 aromatic rings. The highest BCUT2D eigenvalue weighted by atomic mass is 16.4. The van der Waals surface area contributed by atoms with Gasteiger partial charge in [-0.25, -0.2) is 0 Å². The lowest BCUT2D eigenvalue weighted by atomic mass is 10.1. The first-order chi connectivity index (χ1) is 13.5. The number of hydrogen-bond donors (Lipinski definition) is 2. The van der Waals surface area contributed by atoms with E-state index in [1.54, 1.807) is 36.4 Å². The Morgan fingerprint density at radius 2 is 1.39 bits per heavy atom. The number of carboxylic acids is 1. The third-order valence-corrected chi connectivity index (χ3v) is 4.03. The molecule has 0 saturated carbocycles. The Kier molecular flexibility index (Phi) is 5.81. The van der Waals surface area contributed by atoms with Gasteiger partial charge in [0.1, 0.15) is 0 Å². The number of aromatic carboxylic acids is 1. The highest BCUT2D eigenvalue weighted by Crippen LogP contribution is 2.17. The van der Waals surface area contributed by atoms with E-state index < -0.39 is 11.9 Å². The number of amides is 2. The molecule has 2 N–H and O–H groups in total. The first kappa shape index (κ1) is 18.8. The van der Waals surface area contributed by atoms with Gasteiger partial charge in [-0.2, -0.15) is 0 Å². The number of rotatable bonds is 6. The van der Waals surface area contributed by atoms with Crippen molar-refractivity contribution in [2.24, 2.45) is 0 Å². The normalized spacial score (nSPS) is 10.1. The van der Waals surface area contributed by atoms with E-state index in [2.05, 4.69) is 10.6 Å². The molecule has 2 amide bonds. The second-order valence-electron chi connectivity index (χ2n) is 6.08. The number of nitrogens with one attached hydrogen (secondary N) is 2. The fraction of sp³-hybridized carbons (Fsp3) is 0.0455. The van der Waals surface area contributed by atoms with Crippen LogP contribution in [0.15, 0.2) is 78.9 Å². The number of carbonyl (C=O) groups is 3. The molecule has 0 aliphatic carbocycles. The highest BCUT2D eigenvalue weighted by molar-refractivity contribution is 6.07. The van der Waals surface area contributed by atoms with E-state index in [9.17, 15) is 19.5 Å². The predicted octanol–water partition coefficient (Wildman–Crippen LogP) is 2.48. The summed E-state index contributed by atoms with van der Waals surface area (Å²) in [6.45, 7) is 0. The molecule has 0 bridgehead atoms. The van der Waals surface area contributed by atoms with Gasteiger partial charge in [-0.05, 0) is 35.9 Å². The monoisotopic (exact) mass is 373 g/mol. The van der Waals surface area contributed by atoms with Gasteiger partial charge in [-0.1, -0.05) is 48.5 Å². The van der Waals surface area contributed by atoms with E-state index in [0.717, 1.165) is 5.56 Å². The molecule has 3 rings (SSSR count). The summed E-state index contributed by atoms with van der Waals surface area (Å²) in [6.07, 6.45) is 0.253. The van der Waals surface area contributed by atoms with Gasteiger partial charge in [0.25, 0.3) is 5.91 Å². The summed E-state index contributed by atoms with van der Waals surface area (Å²) < 4.78 is 0. The van der Waals surface area contributed by atoms with E-state index in [-0.39, 0.29) is 23.6 Å². The molecule has 0 fully saturated rings. The van der Waals surface area contributed by atoms with Crippen molar-refractivity contribution in [1.29, 1.82) is 0 Å². The molecule has 28 heavy (non-hydrogen) atoms. The molecule has 0 radical (unpaired) electrons. The number of carbonyl (C=O) groups excluding carboxylic acids is 3. The average Bonchev–Trinajstić information content (AvgIpc) is 2.69. The third-order valence-electron chi connectivity index (χ3n) is 4.03. The molecule has 0 saturated heterocycles. The van der Waals surface area contributed by atoms with Crippen molar-refractivity contribution in [2.45, 2.75) is 6.42 Å². The van der Waals surface area contributed by atoms with Gasteiger partial charge in [0.05, 0.1) is 18.1 Å². The van der Waals surface area contributed by atoms with E-state index in [1.165, 1.54) is 12.1 Å². The van der Waals surface area contributed by atoms with Crippen molar-refractivity contribution < 1.29 is 19.5 Å². The lowest BCUT2D eigenvalue weighted by Crippen LogP contribution is -2.24. The number of carboxylic acid groups (broad SMARTS) is 1. The Hall–Kier alpha value is -3.93. The lowest BCUT2D eigenvalue weighted by molar-refractivity contribution is -0.254. The van der Waals surface area contributed by atoms with Crippen molar-refractivity contribution in [3.05, 3.63) is 95.6 Å². The van der Waals surface area contributed by atoms with Crippen molar-refractivity contribution in [3.63, 3.8) is 0 Å². The topological polar surface area (TPSA) is 98.3 Å². The second kappa shape index (κ2) is 8.64. The van der Waals surface area contributed by atoms with Gasteiger partial charge in [0.15, 0.2) is 0 Å². The van der Waals surface area contributed by atoms with Crippen molar-refractivity contribution in [3.8, 4) is 0 Å². The number of benzene rings is 3.